The van der Waals surface area contributed by atoms with Gasteiger partial charge in [-0.2, -0.15) is 0 Å². The molecule has 13 heteroatoms. The molecular weight excluding hydrogens is 492 g/mol. The van der Waals surface area contributed by atoms with Crippen LogP contribution >= 0.6 is 0 Å². The minimum atomic E-state index is -4.62. The summed E-state index contributed by atoms with van der Waals surface area (Å²) in [6.45, 7) is 7.92. The molecule has 12 nitrogen and oxygen atoms in total. The molecule has 36 heavy (non-hydrogen) atoms. The highest BCUT2D eigenvalue weighted by molar-refractivity contribution is 7.89. The number of nitro groups is 1. The Morgan fingerprint density at radius 1 is 1.31 bits per heavy atom. The van der Waals surface area contributed by atoms with Crippen LogP contribution in [-0.4, -0.2) is 65.5 Å². The summed E-state index contributed by atoms with van der Waals surface area (Å²) in [4.78, 5) is 42.3. The Labute approximate surface area is 209 Å². The van der Waals surface area contributed by atoms with E-state index in [4.69, 9.17) is 15.3 Å². The van der Waals surface area contributed by atoms with Crippen molar-refractivity contribution in [2.24, 2.45) is 11.7 Å². The van der Waals surface area contributed by atoms with Gasteiger partial charge in [0.1, 0.15) is 11.6 Å². The number of sulfonamides is 1. The molecule has 0 bridgehead atoms. The lowest BCUT2D eigenvalue weighted by Crippen LogP contribution is -2.58. The summed E-state index contributed by atoms with van der Waals surface area (Å²) in [6, 6.07) is 2.62. The monoisotopic (exact) mass is 522 g/mol. The van der Waals surface area contributed by atoms with Gasteiger partial charge in [0, 0.05) is 12.6 Å². The number of para-hydroxylation sites is 1. The molecule has 3 rings (SSSR count). The number of carbonyl (C=O) groups is 2. The molecule has 1 aliphatic heterocycles. The van der Waals surface area contributed by atoms with Crippen LogP contribution in [0.4, 0.5) is 10.5 Å². The fourth-order valence-electron chi connectivity index (χ4n) is 3.97. The normalized spacial score (nSPS) is 20.6. The molecule has 2 unspecified atom stereocenters. The van der Waals surface area contributed by atoms with Gasteiger partial charge in [0.15, 0.2) is 4.90 Å². The number of nitrogens with zero attached hydrogens (tertiary/aromatic N) is 3. The maximum Gasteiger partial charge on any atom is 0.411 e. The number of amides is 2. The van der Waals surface area contributed by atoms with Crippen molar-refractivity contribution in [1.29, 1.82) is 0 Å². The van der Waals surface area contributed by atoms with Crippen molar-refractivity contribution in [1.82, 2.24) is 9.37 Å². The van der Waals surface area contributed by atoms with Gasteiger partial charge in [0.2, 0.25) is 5.91 Å². The Balaban J connectivity index is 2.13. The first-order chi connectivity index (χ1) is 16.8. The average Bonchev–Trinajstić information content (AvgIpc) is 3.62. The molecule has 1 saturated carbocycles. The van der Waals surface area contributed by atoms with Crippen molar-refractivity contribution in [3.63, 3.8) is 0 Å². The lowest BCUT2D eigenvalue weighted by Gasteiger charge is -2.41. The second-order valence-corrected chi connectivity index (χ2v) is 11.3. The molecule has 1 fully saturated rings. The summed E-state index contributed by atoms with van der Waals surface area (Å²) in [5.74, 6) is -0.858. The number of hydrogen-bond donors (Lipinski definition) is 1. The average molecular weight is 523 g/mol. The third-order valence-electron chi connectivity index (χ3n) is 5.51. The molecular formula is C23H30N4O8S. The zero-order chi connectivity index (χ0) is 26.8. The van der Waals surface area contributed by atoms with Gasteiger partial charge in [0.05, 0.1) is 17.6 Å². The lowest BCUT2D eigenvalue weighted by atomic mass is 9.93. The van der Waals surface area contributed by atoms with E-state index in [1.54, 1.807) is 26.8 Å². The molecule has 2 amide bonds. The van der Waals surface area contributed by atoms with E-state index in [-0.39, 0.29) is 19.1 Å². The van der Waals surface area contributed by atoms with Crippen LogP contribution in [0, 0.1) is 16.0 Å². The molecule has 1 aliphatic carbocycles. The van der Waals surface area contributed by atoms with Gasteiger partial charge < -0.3 is 10.5 Å². The van der Waals surface area contributed by atoms with Gasteiger partial charge in [-0.05, 0) is 51.2 Å². The molecule has 0 radical (unpaired) electrons. The van der Waals surface area contributed by atoms with Crippen molar-refractivity contribution < 1.29 is 32.5 Å². The predicted molar refractivity (Wildman–Crippen MR) is 129 cm³/mol. The molecule has 2 atom stereocenters. The van der Waals surface area contributed by atoms with Gasteiger partial charge in [-0.1, -0.05) is 28.8 Å². The summed E-state index contributed by atoms with van der Waals surface area (Å²) in [6.07, 6.45) is 3.47. The highest BCUT2D eigenvalue weighted by Crippen LogP contribution is 2.42. The maximum atomic E-state index is 13.7. The van der Waals surface area contributed by atoms with Crippen molar-refractivity contribution in [2.75, 3.05) is 13.2 Å². The van der Waals surface area contributed by atoms with E-state index in [2.05, 4.69) is 6.58 Å². The van der Waals surface area contributed by atoms with Crippen LogP contribution in [0.25, 0.3) is 0 Å². The molecule has 196 valence electrons. The van der Waals surface area contributed by atoms with Crippen LogP contribution in [0.5, 0.6) is 0 Å². The number of nitrogens with two attached hydrogens (primary N) is 1. The van der Waals surface area contributed by atoms with E-state index < -0.39 is 55.2 Å². The zero-order valence-electron chi connectivity index (χ0n) is 20.3. The molecule has 1 heterocycles. The molecule has 1 aromatic carbocycles. The molecule has 1 aromatic rings. The van der Waals surface area contributed by atoms with Crippen molar-refractivity contribution in [3.05, 3.63) is 58.7 Å². The van der Waals surface area contributed by atoms with Crippen molar-refractivity contribution in [3.8, 4) is 0 Å². The third kappa shape index (κ3) is 5.91. The van der Waals surface area contributed by atoms with E-state index in [0.29, 0.717) is 10.0 Å². The second kappa shape index (κ2) is 10.4. The quantitative estimate of drug-likeness (QED) is 0.294. The van der Waals surface area contributed by atoms with Crippen LogP contribution in [0.2, 0.25) is 0 Å². The van der Waals surface area contributed by atoms with Crippen LogP contribution in [0.1, 0.15) is 33.6 Å². The summed E-state index contributed by atoms with van der Waals surface area (Å²) in [7, 11) is -4.62. The standard InChI is InChI=1S/C23H30N4O8S/c1-5-12-34-27(36(32,33)19-9-7-6-8-18(19)26(30)31)16-13-17(15-10-11-15)20(21(24)28)25(14-16)22(29)35-23(2,3)4/h5-9,13,15-16,20H,1,10-12,14H2,2-4H3,(H2,24,28). The molecule has 2 aliphatic rings. The molecule has 0 aromatic heterocycles. The first kappa shape index (κ1) is 27.3. The maximum absolute atomic E-state index is 13.7. The van der Waals surface area contributed by atoms with Gasteiger partial charge in [-0.25, -0.2) is 13.2 Å². The van der Waals surface area contributed by atoms with Crippen LogP contribution in [0.15, 0.2) is 53.5 Å². The van der Waals surface area contributed by atoms with Gasteiger partial charge in [-0.3, -0.25) is 24.6 Å². The van der Waals surface area contributed by atoms with Crippen LogP contribution < -0.4 is 5.73 Å². The first-order valence-corrected chi connectivity index (χ1v) is 12.7. The van der Waals surface area contributed by atoms with Gasteiger partial charge in [-0.15, -0.1) is 6.58 Å². The fraction of sp³-hybridized carbons (Fsp3) is 0.478. The number of ether oxygens (including phenoxy) is 1. The van der Waals surface area contributed by atoms with E-state index in [1.165, 1.54) is 18.2 Å². The number of primary amides is 1. The number of rotatable bonds is 9. The van der Waals surface area contributed by atoms with Crippen LogP contribution in [0.3, 0.4) is 0 Å². The number of benzene rings is 1. The Kier molecular flexibility index (Phi) is 7.86. The summed E-state index contributed by atoms with van der Waals surface area (Å²) in [5, 5.41) is 11.6. The first-order valence-electron chi connectivity index (χ1n) is 11.3. The minimum absolute atomic E-state index is 0.0785. The summed E-state index contributed by atoms with van der Waals surface area (Å²) >= 11 is 0. The van der Waals surface area contributed by atoms with E-state index >= 15 is 0 Å². The predicted octanol–water partition coefficient (Wildman–Crippen LogP) is 2.51. The van der Waals surface area contributed by atoms with Gasteiger partial charge >= 0.3 is 6.09 Å². The molecule has 0 spiro atoms. The Morgan fingerprint density at radius 3 is 2.47 bits per heavy atom. The zero-order valence-corrected chi connectivity index (χ0v) is 21.1. The van der Waals surface area contributed by atoms with Crippen molar-refractivity contribution >= 4 is 27.7 Å². The number of hydrogen-bond acceptors (Lipinski definition) is 8. The van der Waals surface area contributed by atoms with Crippen LogP contribution in [-0.2, 0) is 24.4 Å². The lowest BCUT2D eigenvalue weighted by molar-refractivity contribution is -0.388. The van der Waals surface area contributed by atoms with E-state index in [1.807, 2.05) is 0 Å². The highest BCUT2D eigenvalue weighted by Gasteiger charge is 2.47. The highest BCUT2D eigenvalue weighted by atomic mass is 32.2. The Hall–Kier alpha value is -3.29. The Morgan fingerprint density at radius 2 is 1.94 bits per heavy atom. The topological polar surface area (TPSA) is 162 Å². The summed E-state index contributed by atoms with van der Waals surface area (Å²) in [5.41, 5.74) is 4.62. The van der Waals surface area contributed by atoms with E-state index in [0.717, 1.165) is 29.9 Å². The third-order valence-corrected chi connectivity index (χ3v) is 7.26. The summed E-state index contributed by atoms with van der Waals surface area (Å²) < 4.78 is 33.5. The van der Waals surface area contributed by atoms with Gasteiger partial charge in [0.25, 0.3) is 15.7 Å². The van der Waals surface area contributed by atoms with Crippen molar-refractivity contribution in [2.45, 2.75) is 56.2 Å². The number of hydroxylamine groups is 1. The molecule has 0 saturated heterocycles. The largest absolute Gasteiger partial charge is 0.444 e. The Bertz CT molecular complexity index is 1190. The number of nitro benzene ring substituents is 1. The van der Waals surface area contributed by atoms with E-state index in [9.17, 15) is 28.1 Å². The minimum Gasteiger partial charge on any atom is -0.444 e. The smallest absolute Gasteiger partial charge is 0.411 e. The fourth-order valence-corrected chi connectivity index (χ4v) is 5.50. The second-order valence-electron chi connectivity index (χ2n) is 9.52. The SMILES string of the molecule is C=CCON(C1C=C(C2CC2)C(C(N)=O)N(C(=O)OC(C)(C)C)C1)S(=O)(=O)c1ccccc1[N+](=O)[O-]. The molecule has 2 N–H and O–H groups in total. The number of carbonyl (C=O) groups excluding carboxylic acids is 2.